The fourth-order valence-electron chi connectivity index (χ4n) is 6.85. The number of Topliss-reactive ketones (excluding diaryl/α,β-unsaturated/α-hetero) is 2. The summed E-state index contributed by atoms with van der Waals surface area (Å²) in [4.78, 5) is 24.3. The summed E-state index contributed by atoms with van der Waals surface area (Å²) in [5.74, 6) is 1.34. The third-order valence-electron chi connectivity index (χ3n) is 8.29. The van der Waals surface area contributed by atoms with Crippen molar-refractivity contribution >= 4 is 11.6 Å². The third kappa shape index (κ3) is 1.91. The van der Waals surface area contributed by atoms with Gasteiger partial charge in [-0.15, -0.1) is 0 Å². The second-order valence-corrected chi connectivity index (χ2v) is 9.05. The molecule has 4 saturated carbocycles. The van der Waals surface area contributed by atoms with Gasteiger partial charge >= 0.3 is 0 Å². The molecule has 128 valence electrons. The van der Waals surface area contributed by atoms with E-state index in [0.717, 1.165) is 19.3 Å². The lowest BCUT2D eigenvalue weighted by Gasteiger charge is -2.60. The zero-order valence-corrected chi connectivity index (χ0v) is 14.1. The van der Waals surface area contributed by atoms with Gasteiger partial charge in [0, 0.05) is 25.2 Å². The van der Waals surface area contributed by atoms with Gasteiger partial charge in [0.1, 0.15) is 11.6 Å². The Morgan fingerprint density at radius 1 is 1.09 bits per heavy atom. The number of aliphatic hydroxyl groups is 2. The van der Waals surface area contributed by atoms with E-state index in [2.05, 4.69) is 6.92 Å². The molecule has 0 spiro atoms. The second kappa shape index (κ2) is 4.89. The first-order valence-corrected chi connectivity index (χ1v) is 9.19. The van der Waals surface area contributed by atoms with Gasteiger partial charge in [-0.1, -0.05) is 6.92 Å². The van der Waals surface area contributed by atoms with Crippen LogP contribution in [0.5, 0.6) is 0 Å². The monoisotopic (exact) mass is 320 g/mol. The maximum absolute atomic E-state index is 12.5. The fraction of sp³-hybridized carbons (Fsp3) is 0.895. The Morgan fingerprint density at radius 3 is 2.57 bits per heavy atom. The lowest BCUT2D eigenvalue weighted by atomic mass is 9.44. The highest BCUT2D eigenvalue weighted by Gasteiger charge is 2.65. The van der Waals surface area contributed by atoms with Gasteiger partial charge < -0.3 is 10.2 Å². The highest BCUT2D eigenvalue weighted by Crippen LogP contribution is 2.65. The molecule has 0 aromatic rings. The Morgan fingerprint density at radius 2 is 1.83 bits per heavy atom. The zero-order valence-electron chi connectivity index (χ0n) is 14.1. The van der Waals surface area contributed by atoms with Crippen molar-refractivity contribution in [3.05, 3.63) is 0 Å². The van der Waals surface area contributed by atoms with Crippen molar-refractivity contribution in [1.82, 2.24) is 0 Å². The Kier molecular flexibility index (Phi) is 3.35. The van der Waals surface area contributed by atoms with Gasteiger partial charge in [-0.05, 0) is 55.8 Å². The second-order valence-electron chi connectivity index (χ2n) is 9.05. The number of aliphatic hydroxyl groups excluding tert-OH is 2. The first-order valence-electron chi connectivity index (χ1n) is 9.19. The molecule has 0 aromatic heterocycles. The molecule has 0 amide bonds. The standard InChI is InChI=1S/C19H28O4/c1-18-6-5-11(20)7-10(18)3-4-12-13(18)8-15(22)19(2)16(23)9-14(21)17(12)19/h10,12-15,17,21-22H,3-9H2,1-2H3/t10-,12+,13-,14-,15-,17-,18-,19-/m0/s1. The van der Waals surface area contributed by atoms with Gasteiger partial charge in [-0.2, -0.15) is 0 Å². The predicted octanol–water partition coefficient (Wildman–Crippen LogP) is 2.11. The molecule has 0 saturated heterocycles. The van der Waals surface area contributed by atoms with Gasteiger partial charge in [0.2, 0.25) is 0 Å². The van der Waals surface area contributed by atoms with Crippen molar-refractivity contribution in [1.29, 1.82) is 0 Å². The van der Waals surface area contributed by atoms with Gasteiger partial charge in [-0.25, -0.2) is 0 Å². The molecule has 0 unspecified atom stereocenters. The SMILES string of the molecule is C[C@]12CCC(=O)C[C@@H]1CC[C@H]1[C@H]3[C@@H](O)CC(=O)[C@]3(C)[C@@H](O)C[C@@H]12. The summed E-state index contributed by atoms with van der Waals surface area (Å²) in [6.45, 7) is 4.16. The van der Waals surface area contributed by atoms with E-state index in [-0.39, 0.29) is 23.5 Å². The molecule has 4 aliphatic rings. The van der Waals surface area contributed by atoms with Crippen molar-refractivity contribution in [2.75, 3.05) is 0 Å². The molecular formula is C19H28O4. The molecule has 0 aromatic carbocycles. The molecule has 4 nitrogen and oxygen atoms in total. The fourth-order valence-corrected chi connectivity index (χ4v) is 6.85. The normalized spacial score (nSPS) is 56.0. The topological polar surface area (TPSA) is 74.6 Å². The van der Waals surface area contributed by atoms with E-state index < -0.39 is 17.6 Å². The van der Waals surface area contributed by atoms with E-state index >= 15 is 0 Å². The van der Waals surface area contributed by atoms with Crippen molar-refractivity contribution in [2.24, 2.45) is 34.5 Å². The van der Waals surface area contributed by atoms with Gasteiger partial charge in [0.15, 0.2) is 0 Å². The molecule has 0 radical (unpaired) electrons. The van der Waals surface area contributed by atoms with Crippen LogP contribution >= 0.6 is 0 Å². The summed E-state index contributed by atoms with van der Waals surface area (Å²) in [6, 6.07) is 0. The smallest absolute Gasteiger partial charge is 0.144 e. The van der Waals surface area contributed by atoms with Crippen LogP contribution in [0.2, 0.25) is 0 Å². The number of ketones is 2. The highest BCUT2D eigenvalue weighted by molar-refractivity contribution is 5.88. The van der Waals surface area contributed by atoms with E-state index in [1.807, 2.05) is 6.92 Å². The lowest BCUT2D eigenvalue weighted by molar-refractivity contribution is -0.175. The molecule has 4 aliphatic carbocycles. The zero-order chi connectivity index (χ0) is 16.6. The van der Waals surface area contributed by atoms with Crippen LogP contribution in [0.4, 0.5) is 0 Å². The van der Waals surface area contributed by atoms with E-state index in [9.17, 15) is 19.8 Å². The van der Waals surface area contributed by atoms with Crippen LogP contribution in [0.1, 0.15) is 58.8 Å². The molecule has 0 heterocycles. The Balaban J connectivity index is 1.72. The number of carbonyl (C=O) groups is 2. The van der Waals surface area contributed by atoms with Crippen molar-refractivity contribution < 1.29 is 19.8 Å². The van der Waals surface area contributed by atoms with Gasteiger partial charge in [0.25, 0.3) is 0 Å². The summed E-state index contributed by atoms with van der Waals surface area (Å²) < 4.78 is 0. The van der Waals surface area contributed by atoms with E-state index in [1.165, 1.54) is 0 Å². The molecule has 4 fully saturated rings. The maximum atomic E-state index is 12.5. The minimum Gasteiger partial charge on any atom is -0.392 e. The van der Waals surface area contributed by atoms with Crippen LogP contribution in [0, 0.1) is 34.5 Å². The summed E-state index contributed by atoms with van der Waals surface area (Å²) in [7, 11) is 0. The highest BCUT2D eigenvalue weighted by atomic mass is 16.3. The first kappa shape index (κ1) is 15.8. The average molecular weight is 320 g/mol. The Labute approximate surface area is 137 Å². The Bertz CT molecular complexity index is 558. The average Bonchev–Trinajstić information content (AvgIpc) is 2.73. The van der Waals surface area contributed by atoms with Crippen LogP contribution < -0.4 is 0 Å². The maximum Gasteiger partial charge on any atom is 0.144 e. The summed E-state index contributed by atoms with van der Waals surface area (Å²) >= 11 is 0. The van der Waals surface area contributed by atoms with Crippen LogP contribution in [0.25, 0.3) is 0 Å². The Hall–Kier alpha value is -0.740. The molecule has 2 N–H and O–H groups in total. The third-order valence-corrected chi connectivity index (χ3v) is 8.29. The van der Waals surface area contributed by atoms with E-state index in [1.54, 1.807) is 0 Å². The van der Waals surface area contributed by atoms with Crippen molar-refractivity contribution in [2.45, 2.75) is 71.0 Å². The molecule has 0 aliphatic heterocycles. The summed E-state index contributed by atoms with van der Waals surface area (Å²) in [5, 5.41) is 21.4. The molecule has 23 heavy (non-hydrogen) atoms. The molecule has 0 bridgehead atoms. The number of hydrogen-bond acceptors (Lipinski definition) is 4. The molecular weight excluding hydrogens is 292 g/mol. The van der Waals surface area contributed by atoms with E-state index in [0.29, 0.717) is 42.8 Å². The van der Waals surface area contributed by atoms with Crippen LogP contribution in [0.3, 0.4) is 0 Å². The largest absolute Gasteiger partial charge is 0.392 e. The van der Waals surface area contributed by atoms with Crippen molar-refractivity contribution in [3.63, 3.8) is 0 Å². The van der Waals surface area contributed by atoms with Crippen LogP contribution in [0.15, 0.2) is 0 Å². The predicted molar refractivity (Wildman–Crippen MR) is 84.5 cm³/mol. The van der Waals surface area contributed by atoms with Gasteiger partial charge in [0.05, 0.1) is 17.6 Å². The molecule has 8 atom stereocenters. The lowest BCUT2D eigenvalue weighted by Crippen LogP contribution is -2.59. The minimum absolute atomic E-state index is 0.0343. The number of hydrogen-bond donors (Lipinski definition) is 2. The summed E-state index contributed by atoms with van der Waals surface area (Å²) in [5.41, 5.74) is -0.696. The van der Waals surface area contributed by atoms with Crippen LogP contribution in [-0.2, 0) is 9.59 Å². The summed E-state index contributed by atoms with van der Waals surface area (Å²) in [6.07, 6.45) is 3.80. The minimum atomic E-state index is -0.770. The van der Waals surface area contributed by atoms with Crippen LogP contribution in [-0.4, -0.2) is 34.0 Å². The number of rotatable bonds is 0. The van der Waals surface area contributed by atoms with Crippen molar-refractivity contribution in [3.8, 4) is 0 Å². The number of fused-ring (bicyclic) bond motifs is 5. The molecule has 4 rings (SSSR count). The van der Waals surface area contributed by atoms with Gasteiger partial charge in [-0.3, -0.25) is 9.59 Å². The first-order chi connectivity index (χ1) is 10.8. The molecule has 4 heteroatoms. The quantitative estimate of drug-likeness (QED) is 0.717. The number of carbonyl (C=O) groups excluding carboxylic acids is 2. The van der Waals surface area contributed by atoms with E-state index in [4.69, 9.17) is 0 Å².